The quantitative estimate of drug-likeness (QED) is 0.848. The fourth-order valence-electron chi connectivity index (χ4n) is 2.54. The van der Waals surface area contributed by atoms with E-state index in [0.717, 1.165) is 36.6 Å². The highest BCUT2D eigenvalue weighted by atomic mass is 35.5. The molecule has 2 rings (SSSR count). The van der Waals surface area contributed by atoms with E-state index >= 15 is 0 Å². The van der Waals surface area contributed by atoms with Crippen LogP contribution in [0, 0.1) is 0 Å². The van der Waals surface area contributed by atoms with Crippen LogP contribution >= 0.6 is 22.9 Å². The lowest BCUT2D eigenvalue weighted by Crippen LogP contribution is -2.37. The Kier molecular flexibility index (Phi) is 5.63. The number of halogens is 1. The molecule has 1 aromatic heterocycles. The van der Waals surface area contributed by atoms with Crippen molar-refractivity contribution in [3.8, 4) is 0 Å². The molecule has 2 heterocycles. The fraction of sp³-hybridized carbons (Fsp3) is 0.692. The van der Waals surface area contributed by atoms with Crippen LogP contribution in [-0.2, 0) is 10.6 Å². The van der Waals surface area contributed by atoms with Crippen LogP contribution < -0.4 is 5.32 Å². The van der Waals surface area contributed by atoms with E-state index in [1.54, 1.807) is 11.3 Å². The van der Waals surface area contributed by atoms with Gasteiger partial charge >= 0.3 is 6.09 Å². The lowest BCUT2D eigenvalue weighted by molar-refractivity contribution is 0.165. The Morgan fingerprint density at radius 2 is 2.55 bits per heavy atom. The summed E-state index contributed by atoms with van der Waals surface area (Å²) in [5, 5.41) is 6.00. The molecule has 0 bridgehead atoms. The maximum absolute atomic E-state index is 11.2. The lowest BCUT2D eigenvalue weighted by Gasteiger charge is -2.25. The normalized spacial score (nSPS) is 20.9. The fourth-order valence-corrected chi connectivity index (χ4v) is 3.80. The Balaban J connectivity index is 1.97. The number of likely N-dealkylation sites (tertiary alicyclic amines) is 1. The third-order valence-electron chi connectivity index (χ3n) is 3.55. The molecule has 2 unspecified atom stereocenters. The first-order valence-corrected chi connectivity index (χ1v) is 8.18. The molecule has 1 saturated heterocycles. The van der Waals surface area contributed by atoms with Crippen LogP contribution in [0.25, 0.3) is 0 Å². The molecule has 1 aliphatic rings. The summed E-state index contributed by atoms with van der Waals surface area (Å²) < 4.78 is 4.64. The van der Waals surface area contributed by atoms with Crippen LogP contribution in [0.5, 0.6) is 0 Å². The summed E-state index contributed by atoms with van der Waals surface area (Å²) in [4.78, 5) is 18.2. The van der Waals surface area contributed by atoms with Crippen molar-refractivity contribution in [3.63, 3.8) is 0 Å². The zero-order valence-electron chi connectivity index (χ0n) is 11.8. The van der Waals surface area contributed by atoms with Gasteiger partial charge in [0.1, 0.15) is 5.01 Å². The Morgan fingerprint density at radius 1 is 1.75 bits per heavy atom. The third kappa shape index (κ3) is 3.62. The van der Waals surface area contributed by atoms with Crippen molar-refractivity contribution in [1.82, 2.24) is 15.2 Å². The zero-order valence-corrected chi connectivity index (χ0v) is 13.3. The van der Waals surface area contributed by atoms with E-state index in [-0.39, 0.29) is 12.1 Å². The van der Waals surface area contributed by atoms with E-state index < -0.39 is 0 Å². The van der Waals surface area contributed by atoms with E-state index in [0.29, 0.717) is 11.9 Å². The van der Waals surface area contributed by atoms with E-state index in [9.17, 15) is 4.79 Å². The number of hydrogen-bond acceptors (Lipinski definition) is 5. The van der Waals surface area contributed by atoms with Crippen LogP contribution in [0.3, 0.4) is 0 Å². The first-order valence-electron chi connectivity index (χ1n) is 6.76. The predicted octanol–water partition coefficient (Wildman–Crippen LogP) is 2.76. The minimum Gasteiger partial charge on any atom is -0.453 e. The number of rotatable bonds is 5. The molecule has 1 fully saturated rings. The summed E-state index contributed by atoms with van der Waals surface area (Å²) in [6.45, 7) is 3.96. The number of thiazole rings is 1. The van der Waals surface area contributed by atoms with Gasteiger partial charge in [0.2, 0.25) is 0 Å². The number of alkyl halides is 1. The Hall–Kier alpha value is -0.850. The molecule has 1 aliphatic heterocycles. The molecule has 20 heavy (non-hydrogen) atoms. The molecule has 0 aromatic carbocycles. The van der Waals surface area contributed by atoms with Crippen LogP contribution in [-0.4, -0.2) is 42.2 Å². The molecule has 0 saturated carbocycles. The van der Waals surface area contributed by atoms with Gasteiger partial charge in [-0.05, 0) is 12.8 Å². The molecule has 2 atom stereocenters. The number of amides is 1. The van der Waals surface area contributed by atoms with E-state index in [1.165, 1.54) is 7.11 Å². The first-order chi connectivity index (χ1) is 9.67. The van der Waals surface area contributed by atoms with Crippen molar-refractivity contribution < 1.29 is 9.53 Å². The minimum absolute atomic E-state index is 0.156. The Morgan fingerprint density at radius 3 is 3.15 bits per heavy atom. The summed E-state index contributed by atoms with van der Waals surface area (Å²) in [5.41, 5.74) is 0.938. The van der Waals surface area contributed by atoms with Gasteiger partial charge in [-0.1, -0.05) is 6.92 Å². The molecule has 0 aliphatic carbocycles. The second-order valence-corrected chi connectivity index (χ2v) is 6.01. The predicted molar refractivity (Wildman–Crippen MR) is 80.2 cm³/mol. The maximum Gasteiger partial charge on any atom is 0.407 e. The van der Waals surface area contributed by atoms with Gasteiger partial charge in [0, 0.05) is 24.5 Å². The van der Waals surface area contributed by atoms with Crippen LogP contribution in [0.4, 0.5) is 4.79 Å². The standard InChI is InChI=1S/C13H20ClN3O2S/c1-3-11(12-15-10(6-14)8-20-12)17-5-4-9(7-17)16-13(18)19-2/h8-9,11H,3-7H2,1-2H3,(H,16,18). The molecule has 5 nitrogen and oxygen atoms in total. The SMILES string of the molecule is CCC(c1nc(CCl)cs1)N1CCC(NC(=O)OC)C1. The van der Waals surface area contributed by atoms with Gasteiger partial charge in [0.25, 0.3) is 0 Å². The van der Waals surface area contributed by atoms with Gasteiger partial charge in [0.15, 0.2) is 0 Å². The number of ether oxygens (including phenoxy) is 1. The number of carbonyl (C=O) groups is 1. The molecular formula is C13H20ClN3O2S. The van der Waals surface area contributed by atoms with Gasteiger partial charge in [-0.25, -0.2) is 9.78 Å². The minimum atomic E-state index is -0.358. The molecular weight excluding hydrogens is 298 g/mol. The molecule has 1 aromatic rings. The number of aromatic nitrogens is 1. The van der Waals surface area contributed by atoms with Crippen molar-refractivity contribution in [2.24, 2.45) is 0 Å². The van der Waals surface area contributed by atoms with Crippen molar-refractivity contribution >= 4 is 29.0 Å². The van der Waals surface area contributed by atoms with Crippen molar-refractivity contribution in [2.75, 3.05) is 20.2 Å². The molecule has 0 radical (unpaired) electrons. The van der Waals surface area contributed by atoms with Gasteiger partial charge in [-0.3, -0.25) is 4.90 Å². The number of nitrogens with zero attached hydrogens (tertiary/aromatic N) is 2. The highest BCUT2D eigenvalue weighted by molar-refractivity contribution is 7.09. The maximum atomic E-state index is 11.2. The van der Waals surface area contributed by atoms with Gasteiger partial charge in [-0.2, -0.15) is 0 Å². The number of carbonyl (C=O) groups excluding carboxylic acids is 1. The zero-order chi connectivity index (χ0) is 14.5. The van der Waals surface area contributed by atoms with Gasteiger partial charge in [-0.15, -0.1) is 22.9 Å². The van der Waals surface area contributed by atoms with Crippen molar-refractivity contribution in [3.05, 3.63) is 16.1 Å². The first kappa shape index (κ1) is 15.5. The summed E-state index contributed by atoms with van der Waals surface area (Å²) in [6, 6.07) is 0.463. The Labute approximate surface area is 128 Å². The molecule has 7 heteroatoms. The third-order valence-corrected chi connectivity index (χ3v) is 4.81. The summed E-state index contributed by atoms with van der Waals surface area (Å²) in [5.74, 6) is 0.458. The second-order valence-electron chi connectivity index (χ2n) is 4.85. The molecule has 112 valence electrons. The highest BCUT2D eigenvalue weighted by Gasteiger charge is 2.30. The van der Waals surface area contributed by atoms with Gasteiger partial charge < -0.3 is 10.1 Å². The highest BCUT2D eigenvalue weighted by Crippen LogP contribution is 2.30. The smallest absolute Gasteiger partial charge is 0.407 e. The summed E-state index contributed by atoms with van der Waals surface area (Å²) in [7, 11) is 1.39. The average molecular weight is 318 g/mol. The summed E-state index contributed by atoms with van der Waals surface area (Å²) in [6.07, 6.45) is 1.59. The summed E-state index contributed by atoms with van der Waals surface area (Å²) >= 11 is 7.48. The van der Waals surface area contributed by atoms with Crippen LogP contribution in [0.1, 0.15) is 36.5 Å². The van der Waals surface area contributed by atoms with Crippen molar-refractivity contribution in [1.29, 1.82) is 0 Å². The molecule has 0 spiro atoms. The number of methoxy groups -OCH3 is 1. The monoisotopic (exact) mass is 317 g/mol. The average Bonchev–Trinajstić information content (AvgIpc) is 3.09. The number of alkyl carbamates (subject to hydrolysis) is 1. The van der Waals surface area contributed by atoms with Crippen LogP contribution in [0.15, 0.2) is 5.38 Å². The van der Waals surface area contributed by atoms with E-state index in [1.807, 2.05) is 5.38 Å². The van der Waals surface area contributed by atoms with Crippen LogP contribution in [0.2, 0.25) is 0 Å². The molecule has 1 N–H and O–H groups in total. The van der Waals surface area contributed by atoms with Crippen molar-refractivity contribution in [2.45, 2.75) is 37.7 Å². The second kappa shape index (κ2) is 7.24. The van der Waals surface area contributed by atoms with E-state index in [2.05, 4.69) is 26.9 Å². The largest absolute Gasteiger partial charge is 0.453 e. The topological polar surface area (TPSA) is 54.5 Å². The van der Waals surface area contributed by atoms with E-state index in [4.69, 9.17) is 11.6 Å². The number of hydrogen-bond donors (Lipinski definition) is 1. The molecule has 1 amide bonds. The lowest BCUT2D eigenvalue weighted by atomic mass is 10.2. The Bertz CT molecular complexity index is 455. The van der Waals surface area contributed by atoms with Gasteiger partial charge in [0.05, 0.1) is 24.7 Å². The number of nitrogens with one attached hydrogen (secondary N) is 1.